The second-order valence-corrected chi connectivity index (χ2v) is 7.58. The molecule has 0 aromatic carbocycles. The fourth-order valence-corrected chi connectivity index (χ4v) is 3.59. The van der Waals surface area contributed by atoms with Crippen molar-refractivity contribution in [3.05, 3.63) is 11.4 Å². The Hall–Kier alpha value is -0.135. The van der Waals surface area contributed by atoms with Crippen LogP contribution in [-0.2, 0) is 13.8 Å². The summed E-state index contributed by atoms with van der Waals surface area (Å²) < 4.78 is 17.4. The van der Waals surface area contributed by atoms with Gasteiger partial charge in [0.15, 0.2) is 8.38 Å². The zero-order valence-electron chi connectivity index (χ0n) is 12.9. The zero-order chi connectivity index (χ0) is 15.1. The van der Waals surface area contributed by atoms with E-state index in [1.807, 2.05) is 0 Å². The first kappa shape index (κ1) is 17.9. The second-order valence-electron chi connectivity index (χ2n) is 5.46. The van der Waals surface area contributed by atoms with E-state index in [2.05, 4.69) is 32.5 Å². The van der Waals surface area contributed by atoms with Crippen molar-refractivity contribution in [2.24, 2.45) is 11.8 Å². The molecule has 2 radical (unpaired) electrons. The highest BCUT2D eigenvalue weighted by atomic mass is 31.2. The third-order valence-electron chi connectivity index (χ3n) is 3.64. The quantitative estimate of drug-likeness (QED) is 0.298. The summed E-state index contributed by atoms with van der Waals surface area (Å²) in [4.78, 5) is 3.30. The molecule has 1 saturated heterocycles. The Balaban J connectivity index is 2.47. The highest BCUT2D eigenvalue weighted by molar-refractivity contribution is 7.48. The van der Waals surface area contributed by atoms with Crippen molar-refractivity contribution in [3.63, 3.8) is 0 Å². The molecule has 6 heteroatoms. The van der Waals surface area contributed by atoms with Crippen LogP contribution in [0.3, 0.4) is 0 Å². The van der Waals surface area contributed by atoms with E-state index in [0.717, 1.165) is 6.42 Å². The molecule has 112 valence electrons. The van der Waals surface area contributed by atoms with Crippen molar-refractivity contribution in [1.29, 1.82) is 0 Å². The lowest BCUT2D eigenvalue weighted by Crippen LogP contribution is -2.24. The molecule has 0 bridgehead atoms. The first-order valence-electron chi connectivity index (χ1n) is 7.30. The molecule has 20 heavy (non-hydrogen) atoms. The number of nitrogens with zero attached hydrogens (tertiary/aromatic N) is 1. The van der Waals surface area contributed by atoms with E-state index in [9.17, 15) is 0 Å². The van der Waals surface area contributed by atoms with Gasteiger partial charge in [-0.15, -0.1) is 0 Å². The maximum atomic E-state index is 6.77. The van der Waals surface area contributed by atoms with E-state index in [1.165, 1.54) is 0 Å². The maximum absolute atomic E-state index is 6.77. The Kier molecular flexibility index (Phi) is 8.06. The van der Waals surface area contributed by atoms with Crippen molar-refractivity contribution < 1.29 is 13.8 Å². The number of hydrogen-bond acceptors (Lipinski definition) is 3. The van der Waals surface area contributed by atoms with Gasteiger partial charge in [-0.3, -0.25) is 0 Å². The smallest absolute Gasteiger partial charge is 0.238 e. The van der Waals surface area contributed by atoms with Crippen LogP contribution >= 0.6 is 8.38 Å². The average molecular weight is 297 g/mol. The van der Waals surface area contributed by atoms with Gasteiger partial charge in [0.2, 0.25) is 6.54 Å². The highest BCUT2D eigenvalue weighted by Gasteiger charge is 2.38. The van der Waals surface area contributed by atoms with E-state index in [4.69, 9.17) is 28.2 Å². The largest absolute Gasteiger partial charge is 0.384 e. The van der Waals surface area contributed by atoms with Crippen LogP contribution in [0.25, 0.3) is 4.85 Å². The molecule has 0 N–H and O–H groups in total. The van der Waals surface area contributed by atoms with Crippen LogP contribution in [0.15, 0.2) is 0 Å². The molecule has 0 aromatic heterocycles. The predicted molar refractivity (Wildman–Crippen MR) is 82.8 cm³/mol. The maximum Gasteiger partial charge on any atom is 0.238 e. The molecule has 5 atom stereocenters. The minimum Gasteiger partial charge on any atom is -0.384 e. The molecule has 4 nitrogen and oxygen atoms in total. The standard InChI is InChI=1S/C14H25BNO3P/c1-6-13-12(11(4)14(15)19-13)9-18-20(10(2)3)17-8-7-16-5/h10-14H,6-9H2,1-4H3/t11-,12?,13+,14+,20?/m0/s1. The summed E-state index contributed by atoms with van der Waals surface area (Å²) in [5.41, 5.74) is 0.321. The van der Waals surface area contributed by atoms with Gasteiger partial charge in [0, 0.05) is 17.6 Å². The fraction of sp³-hybridized carbons (Fsp3) is 0.929. The summed E-state index contributed by atoms with van der Waals surface area (Å²) >= 11 is 0. The van der Waals surface area contributed by atoms with Gasteiger partial charge in [0.25, 0.3) is 0 Å². The van der Waals surface area contributed by atoms with Gasteiger partial charge in [-0.05, 0) is 12.3 Å². The van der Waals surface area contributed by atoms with Crippen molar-refractivity contribution in [2.75, 3.05) is 19.8 Å². The van der Waals surface area contributed by atoms with E-state index >= 15 is 0 Å². The fourth-order valence-electron chi connectivity index (χ4n) is 2.34. The predicted octanol–water partition coefficient (Wildman–Crippen LogP) is 3.21. The van der Waals surface area contributed by atoms with E-state index in [1.54, 1.807) is 0 Å². The monoisotopic (exact) mass is 297 g/mol. The zero-order valence-corrected chi connectivity index (χ0v) is 13.8. The Morgan fingerprint density at radius 3 is 2.65 bits per heavy atom. The SMILES string of the molecule is [B][C@@H]1O[C@H](CC)C(COP(OCC[N+]#[C-])C(C)C)[C@@H]1C. The average Bonchev–Trinajstić information content (AvgIpc) is 2.69. The third kappa shape index (κ3) is 5.00. The van der Waals surface area contributed by atoms with E-state index in [-0.39, 0.29) is 12.1 Å². The van der Waals surface area contributed by atoms with Crippen LogP contribution in [0.4, 0.5) is 0 Å². The van der Waals surface area contributed by atoms with Gasteiger partial charge in [0.1, 0.15) is 14.5 Å². The summed E-state index contributed by atoms with van der Waals surface area (Å²) in [6.45, 7) is 16.6. The van der Waals surface area contributed by atoms with Crippen LogP contribution in [-0.4, -0.2) is 45.4 Å². The molecule has 1 rings (SSSR count). The van der Waals surface area contributed by atoms with E-state index in [0.29, 0.717) is 37.3 Å². The normalized spacial score (nSPS) is 31.4. The summed E-state index contributed by atoms with van der Waals surface area (Å²) in [5, 5.41) is 0. The van der Waals surface area contributed by atoms with E-state index < -0.39 is 8.38 Å². The molecule has 0 spiro atoms. The number of ether oxygens (including phenoxy) is 1. The van der Waals surface area contributed by atoms with Gasteiger partial charge >= 0.3 is 0 Å². The molecule has 2 unspecified atom stereocenters. The molecular weight excluding hydrogens is 272 g/mol. The third-order valence-corrected chi connectivity index (χ3v) is 5.33. The van der Waals surface area contributed by atoms with Gasteiger partial charge < -0.3 is 18.6 Å². The van der Waals surface area contributed by atoms with Crippen LogP contribution in [0.2, 0.25) is 0 Å². The van der Waals surface area contributed by atoms with Crippen LogP contribution in [0.1, 0.15) is 34.1 Å². The van der Waals surface area contributed by atoms with Gasteiger partial charge in [-0.2, -0.15) is 0 Å². The van der Waals surface area contributed by atoms with Crippen molar-refractivity contribution >= 4 is 16.2 Å². The lowest BCUT2D eigenvalue weighted by Gasteiger charge is -2.25. The summed E-state index contributed by atoms with van der Waals surface area (Å²) in [7, 11) is 5.02. The Labute approximate surface area is 125 Å². The second kappa shape index (κ2) is 9.00. The van der Waals surface area contributed by atoms with Crippen molar-refractivity contribution in [1.82, 2.24) is 0 Å². The summed E-state index contributed by atoms with van der Waals surface area (Å²) in [6.07, 6.45) is 1.12. The first-order valence-corrected chi connectivity index (χ1v) is 8.55. The lowest BCUT2D eigenvalue weighted by atomic mass is 9.81. The van der Waals surface area contributed by atoms with Crippen LogP contribution in [0.5, 0.6) is 0 Å². The topological polar surface area (TPSA) is 32.1 Å². The molecule has 0 aliphatic carbocycles. The Morgan fingerprint density at radius 1 is 1.40 bits per heavy atom. The minimum atomic E-state index is -0.945. The molecule has 0 saturated carbocycles. The first-order chi connectivity index (χ1) is 9.51. The van der Waals surface area contributed by atoms with Gasteiger partial charge in [-0.1, -0.05) is 27.7 Å². The molecular formula is C14H25BNO3P. The number of hydrogen-bond donors (Lipinski definition) is 0. The summed E-state index contributed by atoms with van der Waals surface area (Å²) in [5.74, 6) is 0.621. The molecule has 0 aromatic rings. The molecule has 1 aliphatic heterocycles. The van der Waals surface area contributed by atoms with Gasteiger partial charge in [0.05, 0.1) is 12.7 Å². The lowest BCUT2D eigenvalue weighted by molar-refractivity contribution is 0.0573. The van der Waals surface area contributed by atoms with Crippen LogP contribution in [0, 0.1) is 18.4 Å². The molecule has 1 fully saturated rings. The van der Waals surface area contributed by atoms with Gasteiger partial charge in [-0.25, -0.2) is 6.57 Å². The van der Waals surface area contributed by atoms with Crippen molar-refractivity contribution in [3.8, 4) is 0 Å². The Morgan fingerprint density at radius 2 is 2.10 bits per heavy atom. The summed E-state index contributed by atoms with van der Waals surface area (Å²) in [6, 6.07) is -0.193. The van der Waals surface area contributed by atoms with Crippen LogP contribution < -0.4 is 0 Å². The minimum absolute atomic E-state index is 0.173. The number of rotatable bonds is 8. The molecule has 1 aliphatic rings. The molecule has 1 heterocycles. The Bertz CT molecular complexity index is 324. The highest BCUT2D eigenvalue weighted by Crippen LogP contribution is 2.45. The molecule has 0 amide bonds. The van der Waals surface area contributed by atoms with Crippen molar-refractivity contribution in [2.45, 2.75) is 51.9 Å².